The maximum atomic E-state index is 13.5. The van der Waals surface area contributed by atoms with Gasteiger partial charge in [-0.1, -0.05) is 6.07 Å². The Balaban J connectivity index is 2.12. The molecular formula is C12H16FNO3S. The molecule has 1 atom stereocenters. The number of anilines is 1. The number of rotatable bonds is 4. The third-order valence-electron chi connectivity index (χ3n) is 2.98. The number of nitrogens with two attached hydrogens (primary N) is 1. The highest BCUT2D eigenvalue weighted by Crippen LogP contribution is 2.21. The Bertz CT molecular complexity index is 504. The van der Waals surface area contributed by atoms with Crippen molar-refractivity contribution in [3.05, 3.63) is 29.6 Å². The van der Waals surface area contributed by atoms with Crippen LogP contribution < -0.4 is 5.73 Å². The van der Waals surface area contributed by atoms with Crippen molar-refractivity contribution >= 4 is 15.5 Å². The van der Waals surface area contributed by atoms with Crippen LogP contribution >= 0.6 is 0 Å². The molecule has 1 saturated heterocycles. The molecule has 1 aliphatic heterocycles. The highest BCUT2D eigenvalue weighted by Gasteiger charge is 2.25. The number of nitrogen functional groups attached to an aromatic ring is 1. The van der Waals surface area contributed by atoms with E-state index in [1.54, 1.807) is 0 Å². The number of sulfone groups is 1. The van der Waals surface area contributed by atoms with Crippen LogP contribution in [0.3, 0.4) is 0 Å². The summed E-state index contributed by atoms with van der Waals surface area (Å²) in [5.41, 5.74) is 5.82. The van der Waals surface area contributed by atoms with E-state index in [1.807, 2.05) is 0 Å². The van der Waals surface area contributed by atoms with E-state index in [1.165, 1.54) is 18.2 Å². The van der Waals surface area contributed by atoms with Gasteiger partial charge >= 0.3 is 0 Å². The van der Waals surface area contributed by atoms with Crippen molar-refractivity contribution in [3.63, 3.8) is 0 Å². The molecule has 1 heterocycles. The second-order valence-electron chi connectivity index (χ2n) is 4.50. The minimum Gasteiger partial charge on any atom is -0.398 e. The van der Waals surface area contributed by atoms with Crippen molar-refractivity contribution in [1.82, 2.24) is 0 Å². The molecule has 18 heavy (non-hydrogen) atoms. The number of ether oxygens (including phenoxy) is 1. The average molecular weight is 273 g/mol. The Morgan fingerprint density at radius 1 is 1.44 bits per heavy atom. The van der Waals surface area contributed by atoms with E-state index in [0.717, 1.165) is 12.8 Å². The predicted molar refractivity (Wildman–Crippen MR) is 67.3 cm³/mol. The number of hydrogen-bond acceptors (Lipinski definition) is 4. The highest BCUT2D eigenvalue weighted by atomic mass is 32.2. The maximum absolute atomic E-state index is 13.5. The summed E-state index contributed by atoms with van der Waals surface area (Å²) in [6.07, 6.45) is 1.36. The minimum atomic E-state index is -3.41. The third-order valence-corrected chi connectivity index (χ3v) is 4.59. The van der Waals surface area contributed by atoms with Gasteiger partial charge in [0, 0.05) is 17.9 Å². The SMILES string of the molecule is Nc1cccc(F)c1CS(=O)(=O)CC1CCCO1. The van der Waals surface area contributed by atoms with Gasteiger partial charge in [0.2, 0.25) is 0 Å². The first kappa shape index (κ1) is 13.3. The quantitative estimate of drug-likeness (QED) is 0.844. The van der Waals surface area contributed by atoms with Crippen molar-refractivity contribution in [3.8, 4) is 0 Å². The molecule has 100 valence electrons. The third kappa shape index (κ3) is 3.20. The molecular weight excluding hydrogens is 257 g/mol. The van der Waals surface area contributed by atoms with Gasteiger partial charge in [-0.05, 0) is 25.0 Å². The van der Waals surface area contributed by atoms with Crippen LogP contribution in [0.2, 0.25) is 0 Å². The number of hydrogen-bond donors (Lipinski definition) is 1. The molecule has 0 bridgehead atoms. The van der Waals surface area contributed by atoms with Gasteiger partial charge in [-0.3, -0.25) is 0 Å². The van der Waals surface area contributed by atoms with Crippen molar-refractivity contribution in [2.24, 2.45) is 0 Å². The molecule has 0 spiro atoms. The van der Waals surface area contributed by atoms with Gasteiger partial charge in [0.05, 0.1) is 17.6 Å². The lowest BCUT2D eigenvalue weighted by atomic mass is 10.2. The van der Waals surface area contributed by atoms with Gasteiger partial charge in [-0.15, -0.1) is 0 Å². The molecule has 0 radical (unpaired) electrons. The maximum Gasteiger partial charge on any atom is 0.157 e. The second kappa shape index (κ2) is 5.24. The van der Waals surface area contributed by atoms with E-state index in [-0.39, 0.29) is 28.9 Å². The van der Waals surface area contributed by atoms with Gasteiger partial charge in [0.15, 0.2) is 9.84 Å². The molecule has 1 aliphatic rings. The summed E-state index contributed by atoms with van der Waals surface area (Å²) in [5.74, 6) is -1.02. The van der Waals surface area contributed by atoms with Crippen LogP contribution in [0.4, 0.5) is 10.1 Å². The zero-order chi connectivity index (χ0) is 13.2. The monoisotopic (exact) mass is 273 g/mol. The summed E-state index contributed by atoms with van der Waals surface area (Å²) in [6, 6.07) is 4.17. The van der Waals surface area contributed by atoms with Crippen LogP contribution in [-0.4, -0.2) is 26.9 Å². The van der Waals surface area contributed by atoms with Gasteiger partial charge < -0.3 is 10.5 Å². The molecule has 2 rings (SSSR count). The Kier molecular flexibility index (Phi) is 3.87. The molecule has 1 aromatic rings. The van der Waals surface area contributed by atoms with E-state index in [0.29, 0.717) is 6.61 Å². The highest BCUT2D eigenvalue weighted by molar-refractivity contribution is 7.90. The Morgan fingerprint density at radius 2 is 2.22 bits per heavy atom. The number of halogens is 1. The van der Waals surface area contributed by atoms with E-state index in [9.17, 15) is 12.8 Å². The molecule has 4 nitrogen and oxygen atoms in total. The van der Waals surface area contributed by atoms with Crippen LogP contribution in [0, 0.1) is 5.82 Å². The molecule has 0 saturated carbocycles. The lowest BCUT2D eigenvalue weighted by molar-refractivity contribution is 0.127. The van der Waals surface area contributed by atoms with Gasteiger partial charge in [0.25, 0.3) is 0 Å². The Morgan fingerprint density at radius 3 is 2.83 bits per heavy atom. The first-order chi connectivity index (χ1) is 8.48. The van der Waals surface area contributed by atoms with Crippen molar-refractivity contribution < 1.29 is 17.5 Å². The standard InChI is InChI=1S/C12H16FNO3S/c13-11-4-1-5-12(14)10(11)8-18(15,16)7-9-3-2-6-17-9/h1,4-5,9H,2-3,6-8,14H2. The largest absolute Gasteiger partial charge is 0.398 e. The predicted octanol–water partition coefficient (Wildman–Crippen LogP) is 1.50. The second-order valence-corrected chi connectivity index (χ2v) is 6.61. The van der Waals surface area contributed by atoms with Gasteiger partial charge in [0.1, 0.15) is 5.82 Å². The fourth-order valence-corrected chi connectivity index (χ4v) is 3.76. The normalized spacial score (nSPS) is 20.2. The smallest absolute Gasteiger partial charge is 0.157 e. The molecule has 0 aliphatic carbocycles. The van der Waals surface area contributed by atoms with Crippen LogP contribution in [0.25, 0.3) is 0 Å². The Labute approximate surface area is 106 Å². The summed E-state index contributed by atoms with van der Waals surface area (Å²) in [5, 5.41) is 0. The van der Waals surface area contributed by atoms with Crippen LogP contribution in [0.15, 0.2) is 18.2 Å². The van der Waals surface area contributed by atoms with Crippen molar-refractivity contribution in [2.75, 3.05) is 18.1 Å². The first-order valence-corrected chi connectivity index (χ1v) is 7.65. The van der Waals surface area contributed by atoms with E-state index in [4.69, 9.17) is 10.5 Å². The fourth-order valence-electron chi connectivity index (χ4n) is 2.07. The van der Waals surface area contributed by atoms with E-state index < -0.39 is 15.7 Å². The van der Waals surface area contributed by atoms with Crippen LogP contribution in [0.1, 0.15) is 18.4 Å². The molecule has 2 N–H and O–H groups in total. The van der Waals surface area contributed by atoms with E-state index >= 15 is 0 Å². The number of benzene rings is 1. The topological polar surface area (TPSA) is 69.4 Å². The minimum absolute atomic E-state index is 0.0514. The Hall–Kier alpha value is -1.14. The van der Waals surface area contributed by atoms with Gasteiger partial charge in [-0.25, -0.2) is 12.8 Å². The molecule has 1 unspecified atom stereocenters. The zero-order valence-electron chi connectivity index (χ0n) is 9.93. The summed E-state index contributed by atoms with van der Waals surface area (Å²) in [4.78, 5) is 0. The van der Waals surface area contributed by atoms with Gasteiger partial charge in [-0.2, -0.15) is 0 Å². The summed E-state index contributed by atoms with van der Waals surface area (Å²) in [6.45, 7) is 0.599. The fraction of sp³-hybridized carbons (Fsp3) is 0.500. The van der Waals surface area contributed by atoms with Crippen molar-refractivity contribution in [2.45, 2.75) is 24.7 Å². The molecule has 0 aromatic heterocycles. The lowest BCUT2D eigenvalue weighted by Gasteiger charge is -2.11. The lowest BCUT2D eigenvalue weighted by Crippen LogP contribution is -2.22. The zero-order valence-corrected chi connectivity index (χ0v) is 10.7. The summed E-state index contributed by atoms with van der Waals surface area (Å²) in [7, 11) is -3.41. The first-order valence-electron chi connectivity index (χ1n) is 5.83. The summed E-state index contributed by atoms with van der Waals surface area (Å²) < 4.78 is 42.7. The molecule has 0 amide bonds. The van der Waals surface area contributed by atoms with Crippen molar-refractivity contribution in [1.29, 1.82) is 0 Å². The van der Waals surface area contributed by atoms with E-state index in [2.05, 4.69) is 0 Å². The molecule has 1 fully saturated rings. The van der Waals surface area contributed by atoms with Crippen LogP contribution in [0.5, 0.6) is 0 Å². The molecule has 1 aromatic carbocycles. The average Bonchev–Trinajstić information content (AvgIpc) is 2.75. The summed E-state index contributed by atoms with van der Waals surface area (Å²) >= 11 is 0. The van der Waals surface area contributed by atoms with Crippen LogP contribution in [-0.2, 0) is 20.3 Å². The molecule has 6 heteroatoms.